The van der Waals surface area contributed by atoms with E-state index in [4.69, 9.17) is 0 Å². The Morgan fingerprint density at radius 3 is 1.66 bits per heavy atom. The predicted molar refractivity (Wildman–Crippen MR) is 129 cm³/mol. The summed E-state index contributed by atoms with van der Waals surface area (Å²) in [5, 5.41) is 5.39. The smallest absolute Gasteiger partial charge is 0.0771 e. The fraction of sp³-hybridized carbons (Fsp3) is 0.172. The second-order valence-electron chi connectivity index (χ2n) is 7.82. The van der Waals surface area contributed by atoms with E-state index in [2.05, 4.69) is 119 Å². The van der Waals surface area contributed by atoms with Crippen LogP contribution in [0.2, 0.25) is 0 Å². The average molecular weight is 539 g/mol. The molecule has 32 heavy (non-hydrogen) atoms. The predicted octanol–water partition coefficient (Wildman–Crippen LogP) is 1.93. The van der Waals surface area contributed by atoms with Gasteiger partial charge in [0.25, 0.3) is 0 Å². The average Bonchev–Trinajstić information content (AvgIpc) is 3.28. The molecule has 0 fully saturated rings. The van der Waals surface area contributed by atoms with E-state index in [1.54, 1.807) is 24.2 Å². The molecule has 0 spiro atoms. The van der Waals surface area contributed by atoms with Crippen LogP contribution in [0.4, 0.5) is 0 Å². The van der Waals surface area contributed by atoms with Crippen LogP contribution in [0.15, 0.2) is 96.6 Å². The van der Waals surface area contributed by atoms with Crippen LogP contribution in [-0.4, -0.2) is 3.21 Å². The third-order valence-corrected chi connectivity index (χ3v) is 4.87. The summed E-state index contributed by atoms with van der Waals surface area (Å²) < 4.78 is 1.51. The fourth-order valence-electron chi connectivity index (χ4n) is 3.67. The van der Waals surface area contributed by atoms with E-state index >= 15 is 0 Å². The van der Waals surface area contributed by atoms with Gasteiger partial charge in [-0.25, -0.2) is 5.57 Å². The Bertz CT molecular complexity index is 1150. The summed E-state index contributed by atoms with van der Waals surface area (Å²) in [6.07, 6.45) is 5.66. The Labute approximate surface area is 219 Å². The molecule has 0 aliphatic heterocycles. The molecule has 0 aromatic heterocycles. The number of hydrogen-bond donors (Lipinski definition) is 0. The molecule has 0 nitrogen and oxygen atoms in total. The van der Waals surface area contributed by atoms with Crippen LogP contribution in [0, 0.1) is 12.0 Å². The Balaban J connectivity index is 0.000000261. The van der Waals surface area contributed by atoms with Crippen molar-refractivity contribution in [3.63, 3.8) is 0 Å². The van der Waals surface area contributed by atoms with Gasteiger partial charge in [0.2, 0.25) is 0 Å². The van der Waals surface area contributed by atoms with Crippen molar-refractivity contribution in [3.05, 3.63) is 108 Å². The van der Waals surface area contributed by atoms with E-state index in [1.165, 1.54) is 41.5 Å². The molecule has 0 N–H and O–H groups in total. The van der Waals surface area contributed by atoms with Crippen LogP contribution >= 0.6 is 0 Å². The van der Waals surface area contributed by atoms with E-state index in [-0.39, 0.29) is 24.8 Å². The van der Waals surface area contributed by atoms with Crippen LogP contribution < -0.4 is 24.8 Å². The number of halogens is 2. The first-order valence-electron chi connectivity index (χ1n) is 10.4. The van der Waals surface area contributed by atoms with E-state index in [0.717, 1.165) is 0 Å². The summed E-state index contributed by atoms with van der Waals surface area (Å²) in [6.45, 7) is 8.54. The van der Waals surface area contributed by atoms with Crippen molar-refractivity contribution in [2.24, 2.45) is 5.92 Å². The molecule has 4 aromatic carbocycles. The summed E-state index contributed by atoms with van der Waals surface area (Å²) in [5.41, 5.74) is 3.92. The molecular weight excluding hydrogens is 510 g/mol. The molecule has 1 aliphatic carbocycles. The number of allylic oxidation sites excluding steroid dienone is 4. The zero-order valence-corrected chi connectivity index (χ0v) is 23.0. The van der Waals surface area contributed by atoms with E-state index in [9.17, 15) is 0 Å². The number of rotatable bonds is 1. The van der Waals surface area contributed by atoms with Gasteiger partial charge in [-0.2, -0.15) is 11.6 Å². The van der Waals surface area contributed by atoms with Crippen molar-refractivity contribution in [3.8, 4) is 0 Å². The van der Waals surface area contributed by atoms with Gasteiger partial charge < -0.3 is 24.8 Å². The van der Waals surface area contributed by atoms with Gasteiger partial charge >= 0.3 is 41.3 Å². The van der Waals surface area contributed by atoms with Gasteiger partial charge in [-0.3, -0.25) is 6.08 Å². The molecule has 0 bridgehead atoms. The van der Waals surface area contributed by atoms with Gasteiger partial charge in [0.15, 0.2) is 0 Å². The van der Waals surface area contributed by atoms with Gasteiger partial charge in [-0.05, 0) is 0 Å². The van der Waals surface area contributed by atoms with Crippen LogP contribution in [0.3, 0.4) is 0 Å². The topological polar surface area (TPSA) is 0 Å². The van der Waals surface area contributed by atoms with E-state index in [0.29, 0.717) is 5.92 Å². The minimum Gasteiger partial charge on any atom is -1.00 e. The summed E-state index contributed by atoms with van der Waals surface area (Å²) in [6, 6.07) is 29.8. The summed E-state index contributed by atoms with van der Waals surface area (Å²) in [5.74, 6) is 0.468. The standard InChI is InChI=1S/C13H9.C13H13.C3H6.2ClH.Zr/c1-3-7-12-10(5-1)9-11-6-2-4-8-13(11)12;1-10-8-11(2)13(9-10)12-6-4-3-5-7-12;1-3-2;;;/h1-9H;3-7,9-10H,1-2H3;1-2H3;2*1H;/q2*-1;;;;+2/p-2. The van der Waals surface area contributed by atoms with Crippen molar-refractivity contribution in [1.82, 2.24) is 0 Å². The van der Waals surface area contributed by atoms with Gasteiger partial charge in [-0.15, -0.1) is 45.3 Å². The van der Waals surface area contributed by atoms with Crippen molar-refractivity contribution >= 4 is 30.3 Å². The minimum absolute atomic E-state index is 0. The zero-order valence-electron chi connectivity index (χ0n) is 19.0. The van der Waals surface area contributed by atoms with Crippen molar-refractivity contribution in [1.29, 1.82) is 0 Å². The van der Waals surface area contributed by atoms with Crippen molar-refractivity contribution in [2.45, 2.75) is 27.7 Å². The van der Waals surface area contributed by atoms with Crippen LogP contribution in [0.1, 0.15) is 33.3 Å². The van der Waals surface area contributed by atoms with Crippen molar-refractivity contribution in [2.75, 3.05) is 0 Å². The summed E-state index contributed by atoms with van der Waals surface area (Å²) >= 11 is 1.55. The second-order valence-corrected chi connectivity index (χ2v) is 10.3. The molecular formula is C29H28Cl2Zr-2. The maximum absolute atomic E-state index is 3.39. The third kappa shape index (κ3) is 7.73. The first-order chi connectivity index (χ1) is 14.5. The second kappa shape index (κ2) is 13.8. The molecule has 0 radical (unpaired) electrons. The Morgan fingerprint density at radius 1 is 0.781 bits per heavy atom. The van der Waals surface area contributed by atoms with Gasteiger partial charge in [0, 0.05) is 0 Å². The van der Waals surface area contributed by atoms with Crippen LogP contribution in [0.25, 0.3) is 27.1 Å². The number of fused-ring (bicyclic) bond motifs is 3. The quantitative estimate of drug-likeness (QED) is 0.325. The maximum atomic E-state index is 3.39. The Hall–Kier alpha value is -1.66. The molecule has 0 saturated carbocycles. The molecule has 3 heteroatoms. The Kier molecular flexibility index (Phi) is 12.2. The van der Waals surface area contributed by atoms with Gasteiger partial charge in [0.1, 0.15) is 0 Å². The van der Waals surface area contributed by atoms with E-state index in [1.807, 2.05) is 6.07 Å². The summed E-state index contributed by atoms with van der Waals surface area (Å²) in [7, 11) is 0. The van der Waals surface area contributed by atoms with Crippen LogP contribution in [0.5, 0.6) is 0 Å². The molecule has 4 aromatic rings. The van der Waals surface area contributed by atoms with E-state index < -0.39 is 0 Å². The van der Waals surface area contributed by atoms with Crippen molar-refractivity contribution < 1.29 is 49.0 Å². The van der Waals surface area contributed by atoms with Gasteiger partial charge in [-0.1, -0.05) is 86.5 Å². The Morgan fingerprint density at radius 2 is 1.22 bits per heavy atom. The molecule has 0 heterocycles. The SMILES string of the molecule is CC1=[C-]C(C)C=C1c1ccccc1.C[C](C)=[Zr+2].[Cl-].[Cl-].c1ccc2c(c1)[cH-]c1ccccc12. The fourth-order valence-corrected chi connectivity index (χ4v) is 3.67. The molecule has 164 valence electrons. The maximum Gasteiger partial charge on any atom is -0.0771 e. The monoisotopic (exact) mass is 536 g/mol. The first kappa shape index (κ1) is 28.4. The molecule has 1 atom stereocenters. The molecule has 5 rings (SSSR count). The molecule has 1 aliphatic rings. The van der Waals surface area contributed by atoms with Gasteiger partial charge in [0.05, 0.1) is 0 Å². The third-order valence-electron chi connectivity index (χ3n) is 4.87. The number of hydrogen-bond acceptors (Lipinski definition) is 0. The molecule has 0 amide bonds. The minimum atomic E-state index is 0. The summed E-state index contributed by atoms with van der Waals surface area (Å²) in [4.78, 5) is 0. The normalized spacial score (nSPS) is 14.0. The molecule has 1 unspecified atom stereocenters. The largest absolute Gasteiger partial charge is 1.00 e. The number of benzene rings is 3. The zero-order chi connectivity index (χ0) is 21.5. The molecule has 0 saturated heterocycles. The van der Waals surface area contributed by atoms with Crippen LogP contribution in [-0.2, 0) is 24.2 Å². The first-order valence-corrected chi connectivity index (χ1v) is 11.6.